The van der Waals surface area contributed by atoms with Gasteiger partial charge in [-0.05, 0) is 42.7 Å². The third kappa shape index (κ3) is 4.01. The first-order chi connectivity index (χ1) is 10.5. The summed E-state index contributed by atoms with van der Waals surface area (Å²) in [5.74, 6) is 0.286. The highest BCUT2D eigenvalue weighted by Gasteiger charge is 2.17. The van der Waals surface area contributed by atoms with Crippen LogP contribution in [0.5, 0.6) is 5.75 Å². The van der Waals surface area contributed by atoms with Crippen molar-refractivity contribution in [2.24, 2.45) is 0 Å². The Balaban J connectivity index is 1.97. The maximum atomic E-state index is 12.3. The Morgan fingerprint density at radius 2 is 1.82 bits per heavy atom. The molecule has 0 aliphatic rings. The van der Waals surface area contributed by atoms with Crippen molar-refractivity contribution >= 4 is 17.5 Å². The summed E-state index contributed by atoms with van der Waals surface area (Å²) >= 11 is 5.89. The molecule has 116 valence electrons. The minimum atomic E-state index is -0.0193. The quantitative estimate of drug-likeness (QED) is 0.898. The van der Waals surface area contributed by atoms with Crippen LogP contribution in [0.3, 0.4) is 0 Å². The first-order valence-corrected chi connectivity index (χ1v) is 7.65. The third-order valence-electron chi connectivity index (χ3n) is 3.93. The highest BCUT2D eigenvalue weighted by Crippen LogP contribution is 2.23. The molecule has 0 saturated heterocycles. The molecular formula is C18H20ClNO2. The maximum absolute atomic E-state index is 12.3. The topological polar surface area (TPSA) is 40.5 Å². The van der Waals surface area contributed by atoms with Crippen LogP contribution in [0.1, 0.15) is 30.5 Å². The number of benzene rings is 2. The first kappa shape index (κ1) is 16.4. The molecule has 4 heteroatoms. The van der Waals surface area contributed by atoms with Gasteiger partial charge in [0.25, 0.3) is 0 Å². The summed E-state index contributed by atoms with van der Waals surface area (Å²) < 4.78 is 0. The lowest BCUT2D eigenvalue weighted by atomic mass is 10.1. The van der Waals surface area contributed by atoms with E-state index in [4.69, 9.17) is 11.6 Å². The Bertz CT molecular complexity index is 640. The molecule has 22 heavy (non-hydrogen) atoms. The van der Waals surface area contributed by atoms with Crippen molar-refractivity contribution in [3.05, 3.63) is 64.7 Å². The van der Waals surface area contributed by atoms with Crippen LogP contribution in [0.2, 0.25) is 5.02 Å². The molecule has 1 unspecified atom stereocenters. The normalized spacial score (nSPS) is 12.0. The lowest BCUT2D eigenvalue weighted by Gasteiger charge is -2.25. The van der Waals surface area contributed by atoms with Gasteiger partial charge in [-0.2, -0.15) is 0 Å². The van der Waals surface area contributed by atoms with Crippen molar-refractivity contribution < 1.29 is 9.90 Å². The van der Waals surface area contributed by atoms with E-state index in [9.17, 15) is 9.90 Å². The number of hydrogen-bond donors (Lipinski definition) is 1. The molecule has 2 aromatic carbocycles. The first-order valence-electron chi connectivity index (χ1n) is 7.27. The van der Waals surface area contributed by atoms with Crippen LogP contribution in [0.4, 0.5) is 0 Å². The van der Waals surface area contributed by atoms with Crippen molar-refractivity contribution in [3.63, 3.8) is 0 Å². The summed E-state index contributed by atoms with van der Waals surface area (Å²) in [6.45, 7) is 1.99. The zero-order valence-corrected chi connectivity index (χ0v) is 13.5. The summed E-state index contributed by atoms with van der Waals surface area (Å²) in [6, 6.07) is 14.6. The molecule has 0 radical (unpaired) electrons. The van der Waals surface area contributed by atoms with Crippen LogP contribution in [-0.2, 0) is 11.2 Å². The number of phenolic OH excluding ortho intramolecular Hbond substituents is 1. The van der Waals surface area contributed by atoms with Crippen molar-refractivity contribution in [3.8, 4) is 5.75 Å². The van der Waals surface area contributed by atoms with Gasteiger partial charge in [0.1, 0.15) is 5.75 Å². The molecule has 0 aliphatic carbocycles. The van der Waals surface area contributed by atoms with Crippen LogP contribution in [0.25, 0.3) is 0 Å². The van der Waals surface area contributed by atoms with Crippen molar-refractivity contribution in [2.45, 2.75) is 25.8 Å². The van der Waals surface area contributed by atoms with E-state index in [1.54, 1.807) is 24.1 Å². The standard InChI is InChI=1S/C18H20ClNO2/c1-13(14-7-10-16(19)11-8-14)20(2)18(22)12-9-15-5-3-4-6-17(15)21/h3-8,10-11,13,21H,9,12H2,1-2H3. The monoisotopic (exact) mass is 317 g/mol. The Hall–Kier alpha value is -2.00. The van der Waals surface area contributed by atoms with E-state index in [0.29, 0.717) is 17.9 Å². The largest absolute Gasteiger partial charge is 0.508 e. The molecule has 2 rings (SSSR count). The molecular weight excluding hydrogens is 298 g/mol. The number of hydrogen-bond acceptors (Lipinski definition) is 2. The average molecular weight is 318 g/mol. The fourth-order valence-corrected chi connectivity index (χ4v) is 2.45. The number of rotatable bonds is 5. The van der Waals surface area contributed by atoms with E-state index in [2.05, 4.69) is 0 Å². The number of nitrogens with zero attached hydrogens (tertiary/aromatic N) is 1. The van der Waals surface area contributed by atoms with Gasteiger partial charge in [0.05, 0.1) is 6.04 Å². The van der Waals surface area contributed by atoms with E-state index in [-0.39, 0.29) is 17.7 Å². The maximum Gasteiger partial charge on any atom is 0.223 e. The minimum Gasteiger partial charge on any atom is -0.508 e. The van der Waals surface area contributed by atoms with E-state index in [1.807, 2.05) is 43.3 Å². The van der Waals surface area contributed by atoms with Crippen LogP contribution in [0, 0.1) is 0 Å². The van der Waals surface area contributed by atoms with Crippen LogP contribution >= 0.6 is 11.6 Å². The second-order valence-corrected chi connectivity index (χ2v) is 5.80. The van der Waals surface area contributed by atoms with E-state index in [1.165, 1.54) is 0 Å². The van der Waals surface area contributed by atoms with E-state index >= 15 is 0 Å². The number of phenols is 1. The summed E-state index contributed by atoms with van der Waals surface area (Å²) in [5, 5.41) is 10.4. The van der Waals surface area contributed by atoms with Crippen LogP contribution in [0.15, 0.2) is 48.5 Å². The molecule has 0 heterocycles. The highest BCUT2D eigenvalue weighted by atomic mass is 35.5. The molecule has 1 amide bonds. The Kier molecular flexibility index (Phi) is 5.45. The highest BCUT2D eigenvalue weighted by molar-refractivity contribution is 6.30. The molecule has 0 aromatic heterocycles. The molecule has 0 spiro atoms. The average Bonchev–Trinajstić information content (AvgIpc) is 2.53. The number of para-hydroxylation sites is 1. The molecule has 2 aromatic rings. The van der Waals surface area contributed by atoms with Gasteiger partial charge in [-0.3, -0.25) is 4.79 Å². The van der Waals surface area contributed by atoms with Crippen LogP contribution in [-0.4, -0.2) is 23.0 Å². The lowest BCUT2D eigenvalue weighted by molar-refractivity contribution is -0.131. The molecule has 1 atom stereocenters. The summed E-state index contributed by atoms with van der Waals surface area (Å²) in [6.07, 6.45) is 0.898. The Labute approximate surface area is 136 Å². The molecule has 0 bridgehead atoms. The lowest BCUT2D eigenvalue weighted by Crippen LogP contribution is -2.29. The molecule has 3 nitrogen and oxygen atoms in total. The second kappa shape index (κ2) is 7.32. The number of halogens is 1. The van der Waals surface area contributed by atoms with E-state index < -0.39 is 0 Å². The van der Waals surface area contributed by atoms with Gasteiger partial charge in [-0.15, -0.1) is 0 Å². The zero-order chi connectivity index (χ0) is 16.1. The minimum absolute atomic E-state index is 0.0193. The molecule has 1 N–H and O–H groups in total. The Morgan fingerprint density at radius 3 is 2.45 bits per heavy atom. The predicted molar refractivity (Wildman–Crippen MR) is 89.1 cm³/mol. The van der Waals surface area contributed by atoms with Gasteiger partial charge in [0.2, 0.25) is 5.91 Å². The molecule has 0 aliphatic heterocycles. The van der Waals surface area contributed by atoms with Gasteiger partial charge in [0.15, 0.2) is 0 Å². The molecule has 0 saturated carbocycles. The number of amides is 1. The summed E-state index contributed by atoms with van der Waals surface area (Å²) in [5.41, 5.74) is 1.84. The smallest absolute Gasteiger partial charge is 0.223 e. The van der Waals surface area contributed by atoms with Crippen LogP contribution < -0.4 is 0 Å². The van der Waals surface area contributed by atoms with E-state index in [0.717, 1.165) is 11.1 Å². The SMILES string of the molecule is CC(c1ccc(Cl)cc1)N(C)C(=O)CCc1ccccc1O. The second-order valence-electron chi connectivity index (χ2n) is 5.36. The fourth-order valence-electron chi connectivity index (χ4n) is 2.32. The summed E-state index contributed by atoms with van der Waals surface area (Å²) in [4.78, 5) is 14.1. The summed E-state index contributed by atoms with van der Waals surface area (Å²) in [7, 11) is 1.80. The zero-order valence-electron chi connectivity index (χ0n) is 12.8. The van der Waals surface area contributed by atoms with Crippen molar-refractivity contribution in [2.75, 3.05) is 7.05 Å². The molecule has 0 fully saturated rings. The number of carbonyl (C=O) groups excluding carboxylic acids is 1. The number of aryl methyl sites for hydroxylation is 1. The van der Waals surface area contributed by atoms with Gasteiger partial charge in [0, 0.05) is 18.5 Å². The van der Waals surface area contributed by atoms with Gasteiger partial charge in [-0.1, -0.05) is 41.9 Å². The van der Waals surface area contributed by atoms with Gasteiger partial charge in [-0.25, -0.2) is 0 Å². The van der Waals surface area contributed by atoms with Crippen molar-refractivity contribution in [1.29, 1.82) is 0 Å². The predicted octanol–water partition coefficient (Wildman–Crippen LogP) is 4.20. The van der Waals surface area contributed by atoms with Crippen molar-refractivity contribution in [1.82, 2.24) is 4.90 Å². The third-order valence-corrected chi connectivity index (χ3v) is 4.18. The Morgan fingerprint density at radius 1 is 1.18 bits per heavy atom. The number of carbonyl (C=O) groups is 1. The van der Waals surface area contributed by atoms with Gasteiger partial charge >= 0.3 is 0 Å². The fraction of sp³-hybridized carbons (Fsp3) is 0.278. The van der Waals surface area contributed by atoms with Gasteiger partial charge < -0.3 is 10.0 Å². The number of aromatic hydroxyl groups is 1.